The van der Waals surface area contributed by atoms with Gasteiger partial charge in [0, 0.05) is 32.6 Å². The fraction of sp³-hybridized carbons (Fsp3) is 0.200. The van der Waals surface area contributed by atoms with Crippen LogP contribution in [0.5, 0.6) is 5.75 Å². The van der Waals surface area contributed by atoms with Crippen molar-refractivity contribution in [3.05, 3.63) is 48.4 Å². The number of carbonyl (C=O) groups is 1. The molecular weight excluding hydrogens is 254 g/mol. The average Bonchev–Trinajstić information content (AvgIpc) is 2.89. The number of benzene rings is 1. The van der Waals surface area contributed by atoms with Crippen molar-refractivity contribution in [1.82, 2.24) is 14.5 Å². The van der Waals surface area contributed by atoms with E-state index in [9.17, 15) is 4.79 Å². The van der Waals surface area contributed by atoms with Crippen LogP contribution in [0.2, 0.25) is 0 Å². The Hall–Kier alpha value is -2.56. The Bertz CT molecular complexity index is 686. The number of para-hydroxylation sites is 1. The first-order valence-corrected chi connectivity index (χ1v) is 6.33. The van der Waals surface area contributed by atoms with Crippen LogP contribution in [0.3, 0.4) is 0 Å². The van der Waals surface area contributed by atoms with Crippen molar-refractivity contribution in [2.45, 2.75) is 6.73 Å². The molecule has 1 aliphatic heterocycles. The zero-order chi connectivity index (χ0) is 14.1. The van der Waals surface area contributed by atoms with Crippen LogP contribution in [0.4, 0.5) is 0 Å². The Morgan fingerprint density at radius 2 is 2.20 bits per heavy atom. The zero-order valence-corrected chi connectivity index (χ0v) is 11.4. The fourth-order valence-electron chi connectivity index (χ4n) is 2.07. The van der Waals surface area contributed by atoms with Gasteiger partial charge in [0.25, 0.3) is 0 Å². The van der Waals surface area contributed by atoms with E-state index in [1.807, 2.05) is 47.8 Å². The van der Waals surface area contributed by atoms with Crippen LogP contribution in [-0.4, -0.2) is 34.3 Å². The molecule has 0 radical (unpaired) electrons. The second-order valence-corrected chi connectivity index (χ2v) is 4.83. The second-order valence-electron chi connectivity index (χ2n) is 4.83. The van der Waals surface area contributed by atoms with Crippen molar-refractivity contribution in [2.75, 3.05) is 14.1 Å². The predicted octanol–water partition coefficient (Wildman–Crippen LogP) is 2.16. The molecule has 20 heavy (non-hydrogen) atoms. The Morgan fingerprint density at radius 3 is 3.00 bits per heavy atom. The van der Waals surface area contributed by atoms with Crippen LogP contribution in [0.1, 0.15) is 10.5 Å². The number of ketones is 1. The molecule has 0 aliphatic carbocycles. The van der Waals surface area contributed by atoms with Crippen LogP contribution < -0.4 is 4.74 Å². The van der Waals surface area contributed by atoms with Crippen LogP contribution >= 0.6 is 0 Å². The molecule has 1 aliphatic rings. The van der Waals surface area contributed by atoms with Gasteiger partial charge in [0.1, 0.15) is 17.3 Å². The van der Waals surface area contributed by atoms with Crippen molar-refractivity contribution in [3.63, 3.8) is 0 Å². The summed E-state index contributed by atoms with van der Waals surface area (Å²) < 4.78 is 7.47. The molecule has 102 valence electrons. The summed E-state index contributed by atoms with van der Waals surface area (Å²) in [4.78, 5) is 18.3. The lowest BCUT2D eigenvalue weighted by molar-refractivity contribution is 0.104. The van der Waals surface area contributed by atoms with Gasteiger partial charge in [0.15, 0.2) is 6.73 Å². The largest absolute Gasteiger partial charge is 0.472 e. The van der Waals surface area contributed by atoms with Crippen LogP contribution in [0, 0.1) is 0 Å². The summed E-state index contributed by atoms with van der Waals surface area (Å²) in [6, 6.07) is 7.70. The number of ether oxygens (including phenoxy) is 1. The summed E-state index contributed by atoms with van der Waals surface area (Å²) in [7, 11) is 3.73. The highest BCUT2D eigenvalue weighted by Gasteiger charge is 2.20. The number of hydrogen-bond donors (Lipinski definition) is 0. The van der Waals surface area contributed by atoms with Crippen molar-refractivity contribution in [2.24, 2.45) is 0 Å². The number of nitrogens with zero attached hydrogens (tertiary/aromatic N) is 3. The number of aromatic nitrogens is 2. The summed E-state index contributed by atoms with van der Waals surface area (Å²) in [6.45, 7) is 0.379. The van der Waals surface area contributed by atoms with Gasteiger partial charge in [-0.2, -0.15) is 0 Å². The lowest BCUT2D eigenvalue weighted by Crippen LogP contribution is -2.11. The van der Waals surface area contributed by atoms with Gasteiger partial charge in [-0.1, -0.05) is 12.1 Å². The quantitative estimate of drug-likeness (QED) is 0.633. The van der Waals surface area contributed by atoms with E-state index in [4.69, 9.17) is 4.74 Å². The maximum Gasteiger partial charge on any atom is 0.207 e. The number of hydrogen-bond acceptors (Lipinski definition) is 4. The van der Waals surface area contributed by atoms with Crippen LogP contribution in [0.15, 0.2) is 42.7 Å². The Morgan fingerprint density at radius 1 is 1.40 bits per heavy atom. The average molecular weight is 269 g/mol. The molecular formula is C15H15N3O2. The minimum Gasteiger partial charge on any atom is -0.472 e. The molecule has 2 aromatic rings. The number of fused-ring (bicyclic) bond motifs is 3. The highest BCUT2D eigenvalue weighted by molar-refractivity contribution is 6.03. The van der Waals surface area contributed by atoms with Gasteiger partial charge in [-0.05, 0) is 12.1 Å². The molecule has 0 saturated heterocycles. The molecule has 0 saturated carbocycles. The first-order valence-electron chi connectivity index (χ1n) is 6.33. The standard InChI is InChI=1S/C15H15N3O2/c1-17(2)8-7-13(19)12-9-18-10-20-14-6-4-3-5-11(14)15(18)16-12/h3-9H,10H2,1-2H3/b8-7+. The van der Waals surface area contributed by atoms with E-state index in [2.05, 4.69) is 4.98 Å². The highest BCUT2D eigenvalue weighted by atomic mass is 16.5. The number of allylic oxidation sites excluding steroid dienone is 1. The summed E-state index contributed by atoms with van der Waals surface area (Å²) >= 11 is 0. The molecule has 3 rings (SSSR count). The number of rotatable bonds is 3. The molecule has 0 atom stereocenters. The predicted molar refractivity (Wildman–Crippen MR) is 75.4 cm³/mol. The van der Waals surface area contributed by atoms with Crippen molar-refractivity contribution in [3.8, 4) is 17.1 Å². The molecule has 1 aromatic heterocycles. The topological polar surface area (TPSA) is 47.4 Å². The van der Waals surface area contributed by atoms with Gasteiger partial charge < -0.3 is 9.64 Å². The number of imidazole rings is 1. The Kier molecular flexibility index (Phi) is 3.02. The maximum absolute atomic E-state index is 12.0. The van der Waals surface area contributed by atoms with E-state index in [-0.39, 0.29) is 5.78 Å². The lowest BCUT2D eigenvalue weighted by Gasteiger charge is -2.18. The molecule has 0 bridgehead atoms. The smallest absolute Gasteiger partial charge is 0.207 e. The minimum atomic E-state index is -0.113. The van der Waals surface area contributed by atoms with Gasteiger partial charge >= 0.3 is 0 Å². The van der Waals surface area contributed by atoms with Gasteiger partial charge in [-0.15, -0.1) is 0 Å². The summed E-state index contributed by atoms with van der Waals surface area (Å²) in [5.41, 5.74) is 1.34. The molecule has 5 nitrogen and oxygen atoms in total. The summed E-state index contributed by atoms with van der Waals surface area (Å²) in [5, 5.41) is 0. The van der Waals surface area contributed by atoms with Crippen LogP contribution in [0.25, 0.3) is 11.4 Å². The van der Waals surface area contributed by atoms with E-state index in [1.165, 1.54) is 6.08 Å². The Labute approximate surface area is 117 Å². The van der Waals surface area contributed by atoms with E-state index >= 15 is 0 Å². The zero-order valence-electron chi connectivity index (χ0n) is 11.4. The molecule has 0 spiro atoms. The lowest BCUT2D eigenvalue weighted by atomic mass is 10.2. The third-order valence-electron chi connectivity index (χ3n) is 3.04. The molecule has 0 N–H and O–H groups in total. The van der Waals surface area contributed by atoms with Crippen molar-refractivity contribution in [1.29, 1.82) is 0 Å². The highest BCUT2D eigenvalue weighted by Crippen LogP contribution is 2.33. The molecule has 2 heterocycles. The molecule has 0 unspecified atom stereocenters. The Balaban J connectivity index is 1.96. The van der Waals surface area contributed by atoms with E-state index in [0.29, 0.717) is 12.4 Å². The van der Waals surface area contributed by atoms with Gasteiger partial charge in [-0.25, -0.2) is 4.98 Å². The first kappa shape index (κ1) is 12.5. The van der Waals surface area contributed by atoms with Crippen molar-refractivity contribution < 1.29 is 9.53 Å². The SMILES string of the molecule is CN(C)/C=C/C(=O)c1cn2c(n1)-c1ccccc1OC2. The van der Waals surface area contributed by atoms with E-state index < -0.39 is 0 Å². The minimum absolute atomic E-state index is 0.113. The third-order valence-corrected chi connectivity index (χ3v) is 3.04. The first-order chi connectivity index (χ1) is 9.65. The maximum atomic E-state index is 12.0. The number of carbonyl (C=O) groups excluding carboxylic acids is 1. The van der Waals surface area contributed by atoms with Gasteiger partial charge in [0.05, 0.1) is 5.56 Å². The third kappa shape index (κ3) is 2.18. The van der Waals surface area contributed by atoms with E-state index in [1.54, 1.807) is 12.4 Å². The molecule has 5 heteroatoms. The fourth-order valence-corrected chi connectivity index (χ4v) is 2.07. The molecule has 0 fully saturated rings. The van der Waals surface area contributed by atoms with Gasteiger partial charge in [-0.3, -0.25) is 9.36 Å². The second kappa shape index (κ2) is 4.85. The van der Waals surface area contributed by atoms with Crippen LogP contribution in [-0.2, 0) is 6.73 Å². The summed E-state index contributed by atoms with van der Waals surface area (Å²) in [5.74, 6) is 1.46. The monoisotopic (exact) mass is 269 g/mol. The van der Waals surface area contributed by atoms with E-state index in [0.717, 1.165) is 17.1 Å². The molecule has 0 amide bonds. The summed E-state index contributed by atoms with van der Waals surface area (Å²) in [6.07, 6.45) is 4.96. The molecule has 1 aromatic carbocycles. The van der Waals surface area contributed by atoms with Gasteiger partial charge in [0.2, 0.25) is 5.78 Å². The normalized spacial score (nSPS) is 12.7. The van der Waals surface area contributed by atoms with Crippen molar-refractivity contribution >= 4 is 5.78 Å².